The SMILES string of the molecule is Cc1ccc(S(=O)(=O)NC(C)(C)C)cc1C(=O)N1CCCC(C)C1. The standard InChI is InChI=1S/C18H28N2O3S/c1-13-7-6-10-20(12-13)17(21)16-11-15(9-8-14(16)2)24(22,23)19-18(3,4)5/h8-9,11,13,19H,6-7,10,12H2,1-5H3. The van der Waals surface area contributed by atoms with Crippen LogP contribution in [0.2, 0.25) is 0 Å². The van der Waals surface area contributed by atoms with Crippen LogP contribution in [-0.2, 0) is 10.0 Å². The number of carbonyl (C=O) groups excluding carboxylic acids is 1. The van der Waals surface area contributed by atoms with E-state index in [0.717, 1.165) is 31.5 Å². The first-order valence-electron chi connectivity index (χ1n) is 8.43. The van der Waals surface area contributed by atoms with E-state index in [1.165, 1.54) is 6.07 Å². The molecular formula is C18H28N2O3S. The van der Waals surface area contributed by atoms with E-state index in [2.05, 4.69) is 11.6 Å². The Bertz CT molecular complexity index is 720. The summed E-state index contributed by atoms with van der Waals surface area (Å²) in [7, 11) is -3.65. The molecule has 0 aliphatic carbocycles. The second-order valence-electron chi connectivity index (χ2n) is 7.83. The predicted octanol–water partition coefficient (Wildman–Crippen LogP) is 2.94. The number of piperidine rings is 1. The molecule has 1 atom stereocenters. The Balaban J connectivity index is 2.33. The first kappa shape index (κ1) is 18.9. The molecule has 0 saturated carbocycles. The van der Waals surface area contributed by atoms with Crippen molar-refractivity contribution < 1.29 is 13.2 Å². The number of nitrogens with zero attached hydrogens (tertiary/aromatic N) is 1. The van der Waals surface area contributed by atoms with Crippen molar-refractivity contribution in [3.63, 3.8) is 0 Å². The van der Waals surface area contributed by atoms with Gasteiger partial charge in [0.25, 0.3) is 5.91 Å². The van der Waals surface area contributed by atoms with E-state index in [4.69, 9.17) is 0 Å². The minimum atomic E-state index is -3.65. The van der Waals surface area contributed by atoms with Gasteiger partial charge in [0.1, 0.15) is 0 Å². The molecule has 0 bridgehead atoms. The summed E-state index contributed by atoms with van der Waals surface area (Å²) in [5.41, 5.74) is 0.699. The Kier molecular flexibility index (Phi) is 5.40. The summed E-state index contributed by atoms with van der Waals surface area (Å²) < 4.78 is 27.7. The van der Waals surface area contributed by atoms with Gasteiger partial charge < -0.3 is 4.90 Å². The normalized spacial score (nSPS) is 19.4. The van der Waals surface area contributed by atoms with Crippen LogP contribution >= 0.6 is 0 Å². The summed E-state index contributed by atoms with van der Waals surface area (Å²) in [5.74, 6) is 0.407. The molecule has 0 aromatic heterocycles. The van der Waals surface area contributed by atoms with E-state index < -0.39 is 15.6 Å². The Morgan fingerprint density at radius 1 is 1.29 bits per heavy atom. The Morgan fingerprint density at radius 3 is 2.54 bits per heavy atom. The molecule has 1 unspecified atom stereocenters. The fraction of sp³-hybridized carbons (Fsp3) is 0.611. The van der Waals surface area contributed by atoms with Crippen molar-refractivity contribution >= 4 is 15.9 Å². The lowest BCUT2D eigenvalue weighted by Crippen LogP contribution is -2.41. The van der Waals surface area contributed by atoms with Gasteiger partial charge in [-0.3, -0.25) is 4.79 Å². The number of hydrogen-bond acceptors (Lipinski definition) is 3. The third-order valence-electron chi connectivity index (χ3n) is 4.13. The largest absolute Gasteiger partial charge is 0.338 e. The zero-order valence-corrected chi connectivity index (χ0v) is 16.0. The van der Waals surface area contributed by atoms with Gasteiger partial charge in [-0.15, -0.1) is 0 Å². The van der Waals surface area contributed by atoms with Crippen LogP contribution in [0.1, 0.15) is 56.5 Å². The highest BCUT2D eigenvalue weighted by molar-refractivity contribution is 7.89. The third-order valence-corrected chi connectivity index (χ3v) is 5.89. The molecule has 1 fully saturated rings. The van der Waals surface area contributed by atoms with Gasteiger partial charge in [-0.25, -0.2) is 13.1 Å². The van der Waals surface area contributed by atoms with Crippen LogP contribution in [0.4, 0.5) is 0 Å². The Morgan fingerprint density at radius 2 is 1.96 bits per heavy atom. The van der Waals surface area contributed by atoms with Crippen LogP contribution in [0.25, 0.3) is 0 Å². The quantitative estimate of drug-likeness (QED) is 0.909. The van der Waals surface area contributed by atoms with Gasteiger partial charge in [0.2, 0.25) is 10.0 Å². The number of aryl methyl sites for hydroxylation is 1. The maximum atomic E-state index is 12.8. The summed E-state index contributed by atoms with van der Waals surface area (Å²) >= 11 is 0. The van der Waals surface area contributed by atoms with E-state index in [0.29, 0.717) is 11.5 Å². The minimum Gasteiger partial charge on any atom is -0.338 e. The lowest BCUT2D eigenvalue weighted by molar-refractivity contribution is 0.0682. The number of carbonyl (C=O) groups is 1. The van der Waals surface area contributed by atoms with Crippen molar-refractivity contribution in [2.24, 2.45) is 5.92 Å². The summed E-state index contributed by atoms with van der Waals surface area (Å²) in [6, 6.07) is 4.77. The molecule has 1 heterocycles. The first-order chi connectivity index (χ1) is 11.0. The van der Waals surface area contributed by atoms with Crippen LogP contribution in [0.15, 0.2) is 23.1 Å². The minimum absolute atomic E-state index is 0.0770. The summed E-state index contributed by atoms with van der Waals surface area (Å²) in [4.78, 5) is 14.8. The molecule has 1 N–H and O–H groups in total. The molecule has 2 rings (SSSR count). The molecule has 1 amide bonds. The number of benzene rings is 1. The summed E-state index contributed by atoms with van der Waals surface area (Å²) in [5, 5.41) is 0. The van der Waals surface area contributed by atoms with Crippen LogP contribution in [0, 0.1) is 12.8 Å². The molecule has 1 saturated heterocycles. The monoisotopic (exact) mass is 352 g/mol. The van der Waals surface area contributed by atoms with Crippen molar-refractivity contribution in [2.45, 2.75) is 57.9 Å². The van der Waals surface area contributed by atoms with Crippen molar-refractivity contribution in [1.82, 2.24) is 9.62 Å². The number of sulfonamides is 1. The number of hydrogen-bond donors (Lipinski definition) is 1. The topological polar surface area (TPSA) is 66.5 Å². The summed E-state index contributed by atoms with van der Waals surface area (Å²) in [6.07, 6.45) is 2.13. The number of likely N-dealkylation sites (tertiary alicyclic amines) is 1. The Hall–Kier alpha value is -1.40. The average Bonchev–Trinajstić information content (AvgIpc) is 2.44. The average molecular weight is 353 g/mol. The van der Waals surface area contributed by atoms with Gasteiger partial charge in [-0.05, 0) is 64.2 Å². The fourth-order valence-electron chi connectivity index (χ4n) is 3.00. The maximum Gasteiger partial charge on any atom is 0.254 e. The molecule has 0 radical (unpaired) electrons. The second-order valence-corrected chi connectivity index (χ2v) is 9.51. The molecule has 1 aliphatic heterocycles. The van der Waals surface area contributed by atoms with Crippen LogP contribution in [0.3, 0.4) is 0 Å². The van der Waals surface area contributed by atoms with Gasteiger partial charge in [0, 0.05) is 24.2 Å². The molecule has 1 aromatic rings. The smallest absolute Gasteiger partial charge is 0.254 e. The van der Waals surface area contributed by atoms with Gasteiger partial charge in [-0.1, -0.05) is 13.0 Å². The van der Waals surface area contributed by atoms with Gasteiger partial charge in [0.05, 0.1) is 4.90 Å². The maximum absolute atomic E-state index is 12.8. The van der Waals surface area contributed by atoms with Crippen molar-refractivity contribution in [3.05, 3.63) is 29.3 Å². The third kappa shape index (κ3) is 4.57. The lowest BCUT2D eigenvalue weighted by Gasteiger charge is -2.31. The van der Waals surface area contributed by atoms with Gasteiger partial charge in [0.15, 0.2) is 0 Å². The van der Waals surface area contributed by atoms with Crippen LogP contribution in [0.5, 0.6) is 0 Å². The van der Waals surface area contributed by atoms with Crippen LogP contribution in [-0.4, -0.2) is 37.9 Å². The van der Waals surface area contributed by atoms with E-state index in [9.17, 15) is 13.2 Å². The molecule has 0 spiro atoms. The lowest BCUT2D eigenvalue weighted by atomic mass is 9.99. The van der Waals surface area contributed by atoms with Crippen molar-refractivity contribution in [3.8, 4) is 0 Å². The fourth-order valence-corrected chi connectivity index (χ4v) is 4.45. The number of amides is 1. The second kappa shape index (κ2) is 6.84. The van der Waals surface area contributed by atoms with E-state index in [1.54, 1.807) is 32.9 Å². The highest BCUT2D eigenvalue weighted by Gasteiger charge is 2.26. The van der Waals surface area contributed by atoms with E-state index >= 15 is 0 Å². The van der Waals surface area contributed by atoms with Crippen LogP contribution < -0.4 is 4.72 Å². The molecule has 1 aliphatic rings. The number of rotatable bonds is 3. The molecule has 134 valence electrons. The molecule has 5 nitrogen and oxygen atoms in total. The highest BCUT2D eigenvalue weighted by Crippen LogP contribution is 2.22. The van der Waals surface area contributed by atoms with Crippen molar-refractivity contribution in [1.29, 1.82) is 0 Å². The molecule has 1 aromatic carbocycles. The highest BCUT2D eigenvalue weighted by atomic mass is 32.2. The van der Waals surface area contributed by atoms with E-state index in [-0.39, 0.29) is 10.8 Å². The van der Waals surface area contributed by atoms with Gasteiger partial charge >= 0.3 is 0 Å². The summed E-state index contributed by atoms with van der Waals surface area (Å²) in [6.45, 7) is 10.8. The zero-order chi connectivity index (χ0) is 18.1. The van der Waals surface area contributed by atoms with E-state index in [1.807, 2.05) is 11.8 Å². The molecular weight excluding hydrogens is 324 g/mol. The van der Waals surface area contributed by atoms with Crippen molar-refractivity contribution in [2.75, 3.05) is 13.1 Å². The predicted molar refractivity (Wildman–Crippen MR) is 95.6 cm³/mol. The Labute approximate surface area is 145 Å². The van der Waals surface area contributed by atoms with Gasteiger partial charge in [-0.2, -0.15) is 0 Å². The molecule has 24 heavy (non-hydrogen) atoms. The molecule has 6 heteroatoms. The zero-order valence-electron chi connectivity index (χ0n) is 15.2. The number of nitrogens with one attached hydrogen (secondary N) is 1. The first-order valence-corrected chi connectivity index (χ1v) is 9.92.